The van der Waals surface area contributed by atoms with Gasteiger partial charge < -0.3 is 9.58 Å². The summed E-state index contributed by atoms with van der Waals surface area (Å²) in [6.45, 7) is 7.77. The number of alkyl carbamates (subject to hydrolysis) is 1. The summed E-state index contributed by atoms with van der Waals surface area (Å²) < 4.78 is 4.39. The normalized spacial score (nSPS) is 8.00. The third-order valence-corrected chi connectivity index (χ3v) is 0.740. The maximum Gasteiger partial charge on any atom is 0.414 e. The third-order valence-electron chi connectivity index (χ3n) is 0.740. The van der Waals surface area contributed by atoms with E-state index in [-0.39, 0.29) is 13.2 Å². The molecule has 1 N–H and O–H groups in total. The Morgan fingerprint density at radius 1 is 1.64 bits per heavy atom. The summed E-state index contributed by atoms with van der Waals surface area (Å²) in [5, 5.41) is 1.87. The van der Waals surface area contributed by atoms with Gasteiger partial charge in [-0.15, -0.1) is 0 Å². The molecule has 0 radical (unpaired) electrons. The van der Waals surface area contributed by atoms with Gasteiger partial charge in [0.25, 0.3) is 6.54 Å². The zero-order chi connectivity index (χ0) is 8.69. The number of nitrogens with one attached hydrogen (secondary N) is 1. The number of hydrogen-bond donors (Lipinski definition) is 1. The van der Waals surface area contributed by atoms with Crippen LogP contribution < -0.4 is 5.32 Å². The van der Waals surface area contributed by atoms with Crippen molar-refractivity contribution in [3.05, 3.63) is 11.4 Å². The van der Waals surface area contributed by atoms with Crippen molar-refractivity contribution in [2.45, 2.75) is 6.92 Å². The van der Waals surface area contributed by atoms with E-state index in [1.807, 2.05) is 5.32 Å². The Morgan fingerprint density at radius 2 is 2.27 bits per heavy atom. The lowest BCUT2D eigenvalue weighted by Crippen LogP contribution is -2.32. The van der Waals surface area contributed by atoms with Gasteiger partial charge in [0.15, 0.2) is 0 Å². The number of rotatable bonds is 2. The number of nitrogens with zero attached hydrogens (tertiary/aromatic N) is 1. The predicted octanol–water partition coefficient (Wildman–Crippen LogP) is 0.178. The Kier molecular flexibility index (Phi) is 4.49. The molecule has 5 nitrogen and oxygen atoms in total. The largest absolute Gasteiger partial charge is 0.450 e. The Labute approximate surface area is 64.2 Å². The second-order valence-corrected chi connectivity index (χ2v) is 1.58. The number of hydrogen-bond acceptors (Lipinski definition) is 3. The summed E-state index contributed by atoms with van der Waals surface area (Å²) in [5.41, 5.74) is 0. The standard InChI is InChI=1S/C6H8N2O3/c1-3-11-6(10)8-5(9)4-7-2/h3-4H2,1H3,(H,8,9,10). The monoisotopic (exact) mass is 156 g/mol. The lowest BCUT2D eigenvalue weighted by molar-refractivity contribution is -0.118. The predicted molar refractivity (Wildman–Crippen MR) is 36.6 cm³/mol. The zero-order valence-corrected chi connectivity index (χ0v) is 6.09. The maximum absolute atomic E-state index is 10.5. The maximum atomic E-state index is 10.5. The van der Waals surface area contributed by atoms with Gasteiger partial charge in [-0.25, -0.2) is 11.4 Å². The SMILES string of the molecule is [C-]#[N+]CC(=O)NC(=O)OCC. The van der Waals surface area contributed by atoms with Gasteiger partial charge in [-0.05, 0) is 6.92 Å². The van der Waals surface area contributed by atoms with Crippen LogP contribution in [0.15, 0.2) is 0 Å². The van der Waals surface area contributed by atoms with Gasteiger partial charge in [0.2, 0.25) is 0 Å². The summed E-state index contributed by atoms with van der Waals surface area (Å²) in [7, 11) is 0. The van der Waals surface area contributed by atoms with E-state index in [9.17, 15) is 9.59 Å². The van der Waals surface area contributed by atoms with Crippen LogP contribution in [0.3, 0.4) is 0 Å². The zero-order valence-electron chi connectivity index (χ0n) is 6.09. The number of amides is 2. The van der Waals surface area contributed by atoms with Crippen molar-refractivity contribution in [3.8, 4) is 0 Å². The highest BCUT2D eigenvalue weighted by atomic mass is 16.5. The first kappa shape index (κ1) is 9.43. The van der Waals surface area contributed by atoms with Crippen LogP contribution in [0.4, 0.5) is 4.79 Å². The number of ether oxygens (including phenoxy) is 1. The van der Waals surface area contributed by atoms with E-state index in [4.69, 9.17) is 6.57 Å². The first-order chi connectivity index (χ1) is 5.20. The van der Waals surface area contributed by atoms with E-state index < -0.39 is 12.0 Å². The second-order valence-electron chi connectivity index (χ2n) is 1.58. The molecule has 0 atom stereocenters. The minimum Gasteiger partial charge on any atom is -0.450 e. The summed E-state index contributed by atoms with van der Waals surface area (Å²) in [4.78, 5) is 23.8. The van der Waals surface area contributed by atoms with Crippen LogP contribution in [0.25, 0.3) is 4.85 Å². The quantitative estimate of drug-likeness (QED) is 0.580. The second kappa shape index (κ2) is 5.23. The minimum atomic E-state index is -0.804. The minimum absolute atomic E-state index is 0.205. The molecule has 0 aromatic carbocycles. The van der Waals surface area contributed by atoms with Crippen molar-refractivity contribution >= 4 is 12.0 Å². The smallest absolute Gasteiger partial charge is 0.414 e. The van der Waals surface area contributed by atoms with Crippen LogP contribution in [0, 0.1) is 6.57 Å². The topological polar surface area (TPSA) is 59.8 Å². The van der Waals surface area contributed by atoms with E-state index >= 15 is 0 Å². The van der Waals surface area contributed by atoms with Crippen LogP contribution in [-0.4, -0.2) is 25.2 Å². The highest BCUT2D eigenvalue weighted by Gasteiger charge is 2.08. The van der Waals surface area contributed by atoms with Gasteiger partial charge >= 0.3 is 12.0 Å². The van der Waals surface area contributed by atoms with Gasteiger partial charge in [0, 0.05) is 0 Å². The molecule has 5 heteroatoms. The molecule has 0 spiro atoms. The molecule has 0 unspecified atom stereocenters. The average molecular weight is 156 g/mol. The fraction of sp³-hybridized carbons (Fsp3) is 0.500. The molecule has 0 aliphatic carbocycles. The van der Waals surface area contributed by atoms with Gasteiger partial charge in [0.05, 0.1) is 6.61 Å². The van der Waals surface area contributed by atoms with Crippen molar-refractivity contribution in [1.82, 2.24) is 5.32 Å². The molecule has 0 aliphatic heterocycles. The molecule has 2 amide bonds. The number of carbonyl (C=O) groups excluding carboxylic acids is 2. The third kappa shape index (κ3) is 4.90. The number of carbonyl (C=O) groups is 2. The summed E-state index contributed by atoms with van der Waals surface area (Å²) in [5.74, 6) is -0.640. The van der Waals surface area contributed by atoms with Gasteiger partial charge in [-0.3, -0.25) is 10.1 Å². The molecule has 0 saturated heterocycles. The molecule has 0 aromatic rings. The summed E-state index contributed by atoms with van der Waals surface area (Å²) in [6, 6.07) is 0. The van der Waals surface area contributed by atoms with Crippen LogP contribution >= 0.6 is 0 Å². The Morgan fingerprint density at radius 3 is 2.73 bits per heavy atom. The van der Waals surface area contributed by atoms with Crippen LogP contribution in [0.1, 0.15) is 6.92 Å². The van der Waals surface area contributed by atoms with Gasteiger partial charge in [-0.2, -0.15) is 0 Å². The number of imide groups is 1. The molecule has 60 valence electrons. The Balaban J connectivity index is 3.60. The molecule has 0 aliphatic rings. The Bertz CT molecular complexity index is 194. The van der Waals surface area contributed by atoms with Crippen molar-refractivity contribution in [2.75, 3.05) is 13.2 Å². The first-order valence-electron chi connectivity index (χ1n) is 3.00. The van der Waals surface area contributed by atoms with Crippen LogP contribution in [0.2, 0.25) is 0 Å². The fourth-order valence-corrected chi connectivity index (χ4v) is 0.392. The molecule has 0 aromatic heterocycles. The van der Waals surface area contributed by atoms with Gasteiger partial charge in [0.1, 0.15) is 0 Å². The van der Waals surface area contributed by atoms with Crippen LogP contribution in [0.5, 0.6) is 0 Å². The van der Waals surface area contributed by atoms with Crippen LogP contribution in [-0.2, 0) is 9.53 Å². The summed E-state index contributed by atoms with van der Waals surface area (Å²) in [6.07, 6.45) is -0.804. The van der Waals surface area contributed by atoms with Crippen molar-refractivity contribution in [3.63, 3.8) is 0 Å². The lowest BCUT2D eigenvalue weighted by Gasteiger charge is -1.98. The van der Waals surface area contributed by atoms with Crippen molar-refractivity contribution in [2.24, 2.45) is 0 Å². The molecule has 0 rings (SSSR count). The van der Waals surface area contributed by atoms with E-state index in [0.717, 1.165) is 0 Å². The van der Waals surface area contributed by atoms with E-state index in [2.05, 4.69) is 9.58 Å². The fourth-order valence-electron chi connectivity index (χ4n) is 0.392. The molecular formula is C6H8N2O3. The highest BCUT2D eigenvalue weighted by Crippen LogP contribution is 1.77. The molecular weight excluding hydrogens is 148 g/mol. The Hall–Kier alpha value is -1.57. The molecule has 0 saturated carbocycles. The average Bonchev–Trinajstić information content (AvgIpc) is 1.87. The molecule has 11 heavy (non-hydrogen) atoms. The molecule has 0 bridgehead atoms. The molecule has 0 heterocycles. The van der Waals surface area contributed by atoms with E-state index in [0.29, 0.717) is 0 Å². The van der Waals surface area contributed by atoms with Crippen molar-refractivity contribution < 1.29 is 14.3 Å². The lowest BCUT2D eigenvalue weighted by atomic mass is 10.6. The van der Waals surface area contributed by atoms with E-state index in [1.54, 1.807) is 6.92 Å². The highest BCUT2D eigenvalue weighted by molar-refractivity contribution is 5.93. The van der Waals surface area contributed by atoms with E-state index in [1.165, 1.54) is 0 Å². The first-order valence-corrected chi connectivity index (χ1v) is 3.00. The molecule has 0 fully saturated rings. The summed E-state index contributed by atoms with van der Waals surface area (Å²) >= 11 is 0. The van der Waals surface area contributed by atoms with Gasteiger partial charge in [-0.1, -0.05) is 0 Å². The van der Waals surface area contributed by atoms with Crippen molar-refractivity contribution in [1.29, 1.82) is 0 Å².